The first kappa shape index (κ1) is 18.5. The van der Waals surface area contributed by atoms with E-state index in [1.165, 1.54) is 7.11 Å². The van der Waals surface area contributed by atoms with Crippen molar-refractivity contribution in [1.82, 2.24) is 0 Å². The summed E-state index contributed by atoms with van der Waals surface area (Å²) in [6.07, 6.45) is 0. The van der Waals surface area contributed by atoms with Gasteiger partial charge in [-0.15, -0.1) is 0 Å². The van der Waals surface area contributed by atoms with Crippen LogP contribution in [-0.2, 0) is 0 Å². The second-order valence-corrected chi connectivity index (χ2v) is 7.89. The van der Waals surface area contributed by atoms with Crippen molar-refractivity contribution in [3.8, 4) is 22.6 Å². The van der Waals surface area contributed by atoms with Crippen LogP contribution < -0.4 is 15.7 Å². The van der Waals surface area contributed by atoms with Gasteiger partial charge in [-0.2, -0.15) is 0 Å². The number of anilines is 1. The monoisotopic (exact) mass is 421 g/mol. The van der Waals surface area contributed by atoms with Crippen LogP contribution in [0, 0.1) is 0 Å². The maximum Gasteiger partial charge on any atom is 0.342 e. The van der Waals surface area contributed by atoms with E-state index in [2.05, 4.69) is 29.6 Å². The van der Waals surface area contributed by atoms with E-state index in [9.17, 15) is 9.90 Å². The second kappa shape index (κ2) is 6.89. The maximum atomic E-state index is 13.3. The number of phenols is 1. The molecule has 1 aromatic heterocycles. The summed E-state index contributed by atoms with van der Waals surface area (Å²) in [6, 6.07) is 24.6. The first-order valence-corrected chi connectivity index (χ1v) is 10.4. The molecule has 2 N–H and O–H groups in total. The van der Waals surface area contributed by atoms with Crippen LogP contribution in [0.4, 0.5) is 5.69 Å². The largest absolute Gasteiger partial charge is 0.504 e. The quantitative estimate of drug-likeness (QED) is 0.350. The molecule has 5 aromatic rings. The van der Waals surface area contributed by atoms with E-state index in [-0.39, 0.29) is 11.4 Å². The molecule has 0 aliphatic carbocycles. The number of benzene rings is 4. The Morgan fingerprint density at radius 3 is 2.53 bits per heavy atom. The number of nitrogens with one attached hydrogen (secondary N) is 1. The maximum absolute atomic E-state index is 13.3. The van der Waals surface area contributed by atoms with Gasteiger partial charge in [0, 0.05) is 22.2 Å². The first-order valence-electron chi connectivity index (χ1n) is 10.4. The minimum atomic E-state index is -0.464. The molecule has 0 radical (unpaired) electrons. The van der Waals surface area contributed by atoms with Gasteiger partial charge >= 0.3 is 5.63 Å². The summed E-state index contributed by atoms with van der Waals surface area (Å²) in [5, 5.41) is 16.7. The number of phenolic OH excluding ortho intramolecular Hbond substituents is 1. The summed E-state index contributed by atoms with van der Waals surface area (Å²) in [6.45, 7) is 0. The third-order valence-corrected chi connectivity index (χ3v) is 6.15. The summed E-state index contributed by atoms with van der Waals surface area (Å²) in [5.41, 5.74) is 4.30. The van der Waals surface area contributed by atoms with Gasteiger partial charge in [0.15, 0.2) is 11.5 Å². The Morgan fingerprint density at radius 1 is 0.906 bits per heavy atom. The summed E-state index contributed by atoms with van der Waals surface area (Å²) >= 11 is 0. The fourth-order valence-corrected chi connectivity index (χ4v) is 4.71. The topological polar surface area (TPSA) is 71.7 Å². The van der Waals surface area contributed by atoms with E-state index < -0.39 is 6.04 Å². The molecule has 32 heavy (non-hydrogen) atoms. The van der Waals surface area contributed by atoms with Gasteiger partial charge in [0.1, 0.15) is 5.58 Å². The zero-order valence-electron chi connectivity index (χ0n) is 17.3. The third-order valence-electron chi connectivity index (χ3n) is 6.15. The van der Waals surface area contributed by atoms with E-state index in [4.69, 9.17) is 9.15 Å². The Labute approximate surface area is 183 Å². The van der Waals surface area contributed by atoms with Crippen LogP contribution in [-0.4, -0.2) is 12.2 Å². The van der Waals surface area contributed by atoms with E-state index in [0.717, 1.165) is 38.5 Å². The highest BCUT2D eigenvalue weighted by Crippen LogP contribution is 2.48. The molecule has 0 bridgehead atoms. The van der Waals surface area contributed by atoms with E-state index in [1.807, 2.05) is 36.4 Å². The minimum Gasteiger partial charge on any atom is -0.504 e. The molecule has 1 aliphatic heterocycles. The fourth-order valence-electron chi connectivity index (χ4n) is 4.71. The highest BCUT2D eigenvalue weighted by atomic mass is 16.5. The molecular formula is C27H19NO4. The van der Waals surface area contributed by atoms with Crippen LogP contribution in [0.3, 0.4) is 0 Å². The molecule has 0 unspecified atom stereocenters. The molecule has 4 aromatic carbocycles. The summed E-state index contributed by atoms with van der Waals surface area (Å²) in [5.74, 6) is 0.393. The van der Waals surface area contributed by atoms with Crippen LogP contribution in [0.25, 0.3) is 32.9 Å². The molecule has 5 nitrogen and oxygen atoms in total. The van der Waals surface area contributed by atoms with Gasteiger partial charge in [0.25, 0.3) is 0 Å². The zero-order chi connectivity index (χ0) is 21.8. The Hall–Kier alpha value is -4.25. The summed E-state index contributed by atoms with van der Waals surface area (Å²) in [4.78, 5) is 13.3. The van der Waals surface area contributed by atoms with Gasteiger partial charge in [0.2, 0.25) is 0 Å². The first-order chi connectivity index (χ1) is 15.7. The lowest BCUT2D eigenvalue weighted by Gasteiger charge is -2.31. The molecule has 0 amide bonds. The molecule has 0 saturated carbocycles. The highest BCUT2D eigenvalue weighted by molar-refractivity contribution is 6.11. The number of fused-ring (bicyclic) bond motifs is 7. The van der Waals surface area contributed by atoms with Crippen LogP contribution >= 0.6 is 0 Å². The van der Waals surface area contributed by atoms with Crippen LogP contribution in [0.15, 0.2) is 88.1 Å². The average molecular weight is 421 g/mol. The molecule has 156 valence electrons. The molecule has 0 fully saturated rings. The highest BCUT2D eigenvalue weighted by Gasteiger charge is 2.32. The number of hydrogen-bond donors (Lipinski definition) is 2. The van der Waals surface area contributed by atoms with Crippen molar-refractivity contribution in [2.24, 2.45) is 0 Å². The standard InChI is InChI=1S/C27H19NO4/c1-31-22-14-16(11-13-20(22)29)26-25-24(18-8-4-5-9-21(18)32-27(25)30)23-17-7-3-2-6-15(17)10-12-19(23)28-26/h2-14,26,28-29H,1H3/t26-/m1/s1. The van der Waals surface area contributed by atoms with Crippen LogP contribution in [0.2, 0.25) is 0 Å². The molecule has 0 spiro atoms. The van der Waals surface area contributed by atoms with Crippen LogP contribution in [0.5, 0.6) is 11.5 Å². The Morgan fingerprint density at radius 2 is 1.69 bits per heavy atom. The lowest BCUT2D eigenvalue weighted by Crippen LogP contribution is -2.25. The normalized spacial score (nSPS) is 14.6. The van der Waals surface area contributed by atoms with Crippen molar-refractivity contribution in [1.29, 1.82) is 0 Å². The third kappa shape index (κ3) is 2.61. The lowest BCUT2D eigenvalue weighted by molar-refractivity contribution is 0.373. The van der Waals surface area contributed by atoms with Gasteiger partial charge in [-0.3, -0.25) is 0 Å². The van der Waals surface area contributed by atoms with Crippen molar-refractivity contribution >= 4 is 27.4 Å². The van der Waals surface area contributed by atoms with Crippen molar-refractivity contribution in [3.63, 3.8) is 0 Å². The Bertz CT molecular complexity index is 1580. The molecule has 1 aliphatic rings. The molecule has 6 rings (SSSR count). The number of rotatable bonds is 2. The van der Waals surface area contributed by atoms with Crippen molar-refractivity contribution < 1.29 is 14.3 Å². The SMILES string of the molecule is COc1cc([C@H]2Nc3ccc4ccccc4c3-c3c2c(=O)oc2ccccc32)ccc1O. The molecule has 0 saturated heterocycles. The minimum absolute atomic E-state index is 0.0456. The predicted octanol–water partition coefficient (Wildman–Crippen LogP) is 5.84. The smallest absolute Gasteiger partial charge is 0.342 e. The van der Waals surface area contributed by atoms with E-state index in [0.29, 0.717) is 16.9 Å². The van der Waals surface area contributed by atoms with Gasteiger partial charge in [-0.25, -0.2) is 4.79 Å². The number of aromatic hydroxyl groups is 1. The summed E-state index contributed by atoms with van der Waals surface area (Å²) < 4.78 is 11.1. The van der Waals surface area contributed by atoms with E-state index >= 15 is 0 Å². The zero-order valence-corrected chi connectivity index (χ0v) is 17.3. The second-order valence-electron chi connectivity index (χ2n) is 7.89. The van der Waals surface area contributed by atoms with Gasteiger partial charge in [0.05, 0.1) is 18.7 Å². The number of hydrogen-bond acceptors (Lipinski definition) is 5. The van der Waals surface area contributed by atoms with Crippen LogP contribution in [0.1, 0.15) is 17.2 Å². The lowest BCUT2D eigenvalue weighted by atomic mass is 9.83. The summed E-state index contributed by atoms with van der Waals surface area (Å²) in [7, 11) is 1.50. The van der Waals surface area contributed by atoms with Crippen molar-refractivity contribution in [2.75, 3.05) is 12.4 Å². The molecular weight excluding hydrogens is 402 g/mol. The molecule has 5 heteroatoms. The Kier molecular flexibility index (Phi) is 3.98. The molecule has 1 atom stereocenters. The van der Waals surface area contributed by atoms with Gasteiger partial charge < -0.3 is 19.6 Å². The van der Waals surface area contributed by atoms with Gasteiger partial charge in [-0.1, -0.05) is 54.6 Å². The number of methoxy groups -OCH3 is 1. The van der Waals surface area contributed by atoms with Crippen molar-refractivity contribution in [3.05, 3.63) is 100 Å². The number of ether oxygens (including phenoxy) is 1. The average Bonchev–Trinajstić information content (AvgIpc) is 2.83. The van der Waals surface area contributed by atoms with Crippen molar-refractivity contribution in [2.45, 2.75) is 6.04 Å². The number of para-hydroxylation sites is 1. The fraction of sp³-hybridized carbons (Fsp3) is 0.0741. The Balaban J connectivity index is 1.74. The van der Waals surface area contributed by atoms with E-state index in [1.54, 1.807) is 18.2 Å². The predicted molar refractivity (Wildman–Crippen MR) is 126 cm³/mol. The van der Waals surface area contributed by atoms with Gasteiger partial charge in [-0.05, 0) is 40.6 Å². The molecule has 2 heterocycles.